The smallest absolute Gasteiger partial charge is 0.189 e. The molecule has 82 valence electrons. The standard InChI is InChI=1S/C10H16N4S/c1-5(2)7-8-6(4-12-7)9(11)14-10(13-8)15-3/h5,7,12H,4H2,1-3H3,(H2,11,13,14). The first-order valence-electron chi connectivity index (χ1n) is 5.07. The highest BCUT2D eigenvalue weighted by atomic mass is 32.2. The van der Waals surface area contributed by atoms with Crippen molar-refractivity contribution in [2.45, 2.75) is 31.6 Å². The maximum absolute atomic E-state index is 5.91. The van der Waals surface area contributed by atoms with E-state index in [1.807, 2.05) is 6.26 Å². The van der Waals surface area contributed by atoms with Gasteiger partial charge in [-0.15, -0.1) is 0 Å². The van der Waals surface area contributed by atoms with Crippen LogP contribution in [0.2, 0.25) is 0 Å². The molecule has 1 atom stereocenters. The van der Waals surface area contributed by atoms with E-state index in [1.165, 1.54) is 11.8 Å². The zero-order valence-corrected chi connectivity index (χ0v) is 10.1. The molecule has 0 radical (unpaired) electrons. The molecule has 0 saturated heterocycles. The minimum absolute atomic E-state index is 0.316. The van der Waals surface area contributed by atoms with Crippen LogP contribution in [-0.4, -0.2) is 16.2 Å². The lowest BCUT2D eigenvalue weighted by atomic mass is 10.0. The van der Waals surface area contributed by atoms with Gasteiger partial charge in [0.15, 0.2) is 5.16 Å². The van der Waals surface area contributed by atoms with Crippen molar-refractivity contribution in [2.75, 3.05) is 12.0 Å². The Kier molecular flexibility index (Phi) is 2.84. The number of nitrogens with one attached hydrogen (secondary N) is 1. The predicted octanol–water partition coefficient (Wildman–Crippen LogP) is 1.58. The number of nitrogens with two attached hydrogens (primary N) is 1. The second-order valence-electron chi connectivity index (χ2n) is 4.06. The van der Waals surface area contributed by atoms with Crippen LogP contribution in [0, 0.1) is 5.92 Å². The average molecular weight is 224 g/mol. The van der Waals surface area contributed by atoms with E-state index in [9.17, 15) is 0 Å². The van der Waals surface area contributed by atoms with Crippen LogP contribution in [0.4, 0.5) is 5.82 Å². The third-order valence-corrected chi connectivity index (χ3v) is 3.24. The molecular weight excluding hydrogens is 208 g/mol. The predicted molar refractivity (Wildman–Crippen MR) is 62.6 cm³/mol. The molecule has 5 heteroatoms. The summed E-state index contributed by atoms with van der Waals surface area (Å²) in [6.07, 6.45) is 1.97. The van der Waals surface area contributed by atoms with Gasteiger partial charge in [-0.1, -0.05) is 25.6 Å². The van der Waals surface area contributed by atoms with Gasteiger partial charge >= 0.3 is 0 Å². The minimum Gasteiger partial charge on any atom is -0.383 e. The number of nitrogens with zero attached hydrogens (tertiary/aromatic N) is 2. The van der Waals surface area contributed by atoms with Crippen molar-refractivity contribution in [3.8, 4) is 0 Å². The van der Waals surface area contributed by atoms with Gasteiger partial charge in [0.2, 0.25) is 0 Å². The van der Waals surface area contributed by atoms with Crippen molar-refractivity contribution < 1.29 is 0 Å². The summed E-state index contributed by atoms with van der Waals surface area (Å²) in [4.78, 5) is 8.79. The monoisotopic (exact) mass is 224 g/mol. The molecule has 0 aliphatic carbocycles. The molecule has 1 aromatic heterocycles. The van der Waals surface area contributed by atoms with Crippen LogP contribution < -0.4 is 11.1 Å². The van der Waals surface area contributed by atoms with Crippen LogP contribution in [0.25, 0.3) is 0 Å². The Balaban J connectivity index is 2.47. The zero-order valence-electron chi connectivity index (χ0n) is 9.24. The molecule has 2 rings (SSSR count). The molecule has 0 bridgehead atoms. The Morgan fingerprint density at radius 2 is 2.20 bits per heavy atom. The number of aromatic nitrogens is 2. The lowest BCUT2D eigenvalue weighted by Gasteiger charge is -2.15. The van der Waals surface area contributed by atoms with E-state index in [-0.39, 0.29) is 0 Å². The summed E-state index contributed by atoms with van der Waals surface area (Å²) >= 11 is 1.53. The molecule has 0 fully saturated rings. The van der Waals surface area contributed by atoms with Crippen LogP contribution in [0.5, 0.6) is 0 Å². The summed E-state index contributed by atoms with van der Waals surface area (Å²) in [5, 5.41) is 4.19. The summed E-state index contributed by atoms with van der Waals surface area (Å²) in [7, 11) is 0. The molecular formula is C10H16N4S. The van der Waals surface area contributed by atoms with Crippen molar-refractivity contribution in [3.05, 3.63) is 11.3 Å². The van der Waals surface area contributed by atoms with Crippen molar-refractivity contribution in [1.82, 2.24) is 15.3 Å². The molecule has 1 unspecified atom stereocenters. The number of fused-ring (bicyclic) bond motifs is 1. The lowest BCUT2D eigenvalue weighted by molar-refractivity contribution is 0.433. The van der Waals surface area contributed by atoms with E-state index >= 15 is 0 Å². The average Bonchev–Trinajstić information content (AvgIpc) is 2.61. The van der Waals surface area contributed by atoms with Crippen LogP contribution in [0.15, 0.2) is 5.16 Å². The molecule has 1 aliphatic rings. The number of rotatable bonds is 2. The summed E-state index contributed by atoms with van der Waals surface area (Å²) in [6.45, 7) is 5.16. The quantitative estimate of drug-likeness (QED) is 0.590. The fourth-order valence-electron chi connectivity index (χ4n) is 1.89. The fraction of sp³-hybridized carbons (Fsp3) is 0.600. The number of anilines is 1. The van der Waals surface area contributed by atoms with Gasteiger partial charge in [0.05, 0.1) is 11.7 Å². The molecule has 1 aromatic rings. The van der Waals surface area contributed by atoms with Crippen LogP contribution in [0.3, 0.4) is 0 Å². The number of thioether (sulfide) groups is 1. The van der Waals surface area contributed by atoms with Gasteiger partial charge in [0.1, 0.15) is 5.82 Å². The van der Waals surface area contributed by atoms with Crippen LogP contribution >= 0.6 is 11.8 Å². The number of nitrogen functional groups attached to an aromatic ring is 1. The summed E-state index contributed by atoms with van der Waals surface area (Å²) < 4.78 is 0. The minimum atomic E-state index is 0.316. The second kappa shape index (κ2) is 3.98. The fourth-order valence-corrected chi connectivity index (χ4v) is 2.27. The molecule has 4 nitrogen and oxygen atoms in total. The van der Waals surface area contributed by atoms with Gasteiger partial charge < -0.3 is 11.1 Å². The molecule has 1 aliphatic heterocycles. The highest BCUT2D eigenvalue weighted by Gasteiger charge is 2.28. The molecule has 0 spiro atoms. The Morgan fingerprint density at radius 3 is 2.80 bits per heavy atom. The zero-order chi connectivity index (χ0) is 11.0. The number of hydrogen-bond donors (Lipinski definition) is 2. The normalized spacial score (nSPS) is 19.6. The first kappa shape index (κ1) is 10.7. The van der Waals surface area contributed by atoms with Crippen molar-refractivity contribution >= 4 is 17.6 Å². The SMILES string of the molecule is CSc1nc(N)c2c(n1)C(C(C)C)NC2. The van der Waals surface area contributed by atoms with Crippen LogP contribution in [-0.2, 0) is 6.54 Å². The van der Waals surface area contributed by atoms with E-state index in [0.29, 0.717) is 17.8 Å². The van der Waals surface area contributed by atoms with Gasteiger partial charge in [0, 0.05) is 12.1 Å². The van der Waals surface area contributed by atoms with Crippen molar-refractivity contribution in [2.24, 2.45) is 5.92 Å². The molecule has 3 N–H and O–H groups in total. The third-order valence-electron chi connectivity index (χ3n) is 2.69. The van der Waals surface area contributed by atoms with E-state index in [0.717, 1.165) is 23.0 Å². The lowest BCUT2D eigenvalue weighted by Crippen LogP contribution is -2.18. The van der Waals surface area contributed by atoms with Crippen molar-refractivity contribution in [1.29, 1.82) is 0 Å². The molecule has 0 amide bonds. The first-order chi connectivity index (χ1) is 7.13. The Labute approximate surface area is 94.1 Å². The third kappa shape index (κ3) is 1.81. The topological polar surface area (TPSA) is 63.8 Å². The summed E-state index contributed by atoms with van der Waals surface area (Å²) in [5.74, 6) is 1.15. The Morgan fingerprint density at radius 1 is 1.47 bits per heavy atom. The van der Waals surface area contributed by atoms with Crippen molar-refractivity contribution in [3.63, 3.8) is 0 Å². The Bertz CT molecular complexity index is 378. The highest BCUT2D eigenvalue weighted by molar-refractivity contribution is 7.98. The van der Waals surface area contributed by atoms with Gasteiger partial charge in [-0.05, 0) is 12.2 Å². The maximum Gasteiger partial charge on any atom is 0.189 e. The maximum atomic E-state index is 5.91. The van der Waals surface area contributed by atoms with E-state index in [1.54, 1.807) is 0 Å². The molecule has 0 saturated carbocycles. The van der Waals surface area contributed by atoms with E-state index in [2.05, 4.69) is 29.1 Å². The second-order valence-corrected chi connectivity index (χ2v) is 4.84. The molecule has 2 heterocycles. The van der Waals surface area contributed by atoms with Gasteiger partial charge in [-0.3, -0.25) is 0 Å². The largest absolute Gasteiger partial charge is 0.383 e. The Hall–Kier alpha value is -0.810. The van der Waals surface area contributed by atoms with E-state index in [4.69, 9.17) is 5.73 Å². The van der Waals surface area contributed by atoms with Gasteiger partial charge in [-0.2, -0.15) is 0 Å². The highest BCUT2D eigenvalue weighted by Crippen LogP contribution is 2.32. The molecule has 0 aromatic carbocycles. The van der Waals surface area contributed by atoms with E-state index < -0.39 is 0 Å². The summed E-state index contributed by atoms with van der Waals surface area (Å²) in [5.41, 5.74) is 8.07. The first-order valence-corrected chi connectivity index (χ1v) is 6.29. The van der Waals surface area contributed by atoms with Gasteiger partial charge in [-0.25, -0.2) is 9.97 Å². The van der Waals surface area contributed by atoms with Gasteiger partial charge in [0.25, 0.3) is 0 Å². The number of hydrogen-bond acceptors (Lipinski definition) is 5. The van der Waals surface area contributed by atoms with Crippen LogP contribution in [0.1, 0.15) is 31.1 Å². The molecule has 15 heavy (non-hydrogen) atoms. The summed E-state index contributed by atoms with van der Waals surface area (Å²) in [6, 6.07) is 0.316.